The Kier molecular flexibility index (Phi) is 7.47. The van der Waals surface area contributed by atoms with E-state index in [9.17, 15) is 9.59 Å². The molecular formula is C16H25ClN4O3. The maximum atomic E-state index is 12.6. The zero-order valence-corrected chi connectivity index (χ0v) is 14.7. The topological polar surface area (TPSA) is 105 Å². The number of primary amides is 1. The molecule has 1 heterocycles. The summed E-state index contributed by atoms with van der Waals surface area (Å²) in [5, 5.41) is 8.75. The third-order valence-corrected chi connectivity index (χ3v) is 4.24. The fourth-order valence-corrected chi connectivity index (χ4v) is 2.76. The fourth-order valence-electron chi connectivity index (χ4n) is 2.76. The number of carbonyl (C=O) groups excluding carboxylic acids is 2. The van der Waals surface area contributed by atoms with Crippen LogP contribution in [0.1, 0.15) is 31.4 Å². The van der Waals surface area contributed by atoms with Gasteiger partial charge in [0, 0.05) is 12.8 Å². The number of nitrogens with two attached hydrogens (primary N) is 1. The maximum Gasteiger partial charge on any atom is 0.316 e. The van der Waals surface area contributed by atoms with Crippen LogP contribution in [0.2, 0.25) is 0 Å². The number of piperidine rings is 1. The van der Waals surface area contributed by atoms with Gasteiger partial charge in [0.1, 0.15) is 5.60 Å². The highest BCUT2D eigenvalue weighted by atomic mass is 35.5. The number of halogens is 1. The average Bonchev–Trinajstić information content (AvgIpc) is 2.55. The fraction of sp³-hybridized carbons (Fsp3) is 0.500. The Labute approximate surface area is 148 Å². The smallest absolute Gasteiger partial charge is 0.316 e. The van der Waals surface area contributed by atoms with Crippen molar-refractivity contribution in [1.29, 1.82) is 0 Å². The first-order valence-corrected chi connectivity index (χ1v) is 7.70. The minimum Gasteiger partial charge on any atom is -0.368 e. The van der Waals surface area contributed by atoms with Crippen molar-refractivity contribution < 1.29 is 14.3 Å². The number of benzene rings is 1. The third-order valence-electron chi connectivity index (χ3n) is 4.24. The van der Waals surface area contributed by atoms with Gasteiger partial charge in [0.25, 0.3) is 5.91 Å². The van der Waals surface area contributed by atoms with Crippen LogP contribution in [0.3, 0.4) is 0 Å². The molecule has 0 aromatic heterocycles. The van der Waals surface area contributed by atoms with Gasteiger partial charge in [-0.25, -0.2) is 4.79 Å². The summed E-state index contributed by atoms with van der Waals surface area (Å²) in [6.07, 6.45) is 1.31. The molecule has 0 aliphatic carbocycles. The molecule has 1 unspecified atom stereocenters. The van der Waals surface area contributed by atoms with Gasteiger partial charge in [-0.1, -0.05) is 12.1 Å². The van der Waals surface area contributed by atoms with Crippen LogP contribution in [-0.4, -0.2) is 37.7 Å². The van der Waals surface area contributed by atoms with E-state index in [1.54, 1.807) is 19.2 Å². The molecule has 0 spiro atoms. The summed E-state index contributed by atoms with van der Waals surface area (Å²) in [5.74, 6) is -0.0895. The highest BCUT2D eigenvalue weighted by molar-refractivity contribution is 5.88. The van der Waals surface area contributed by atoms with Crippen LogP contribution in [-0.2, 0) is 9.53 Å². The molecule has 24 heavy (non-hydrogen) atoms. The highest BCUT2D eigenvalue weighted by Gasteiger charge is 2.40. The second kappa shape index (κ2) is 8.86. The van der Waals surface area contributed by atoms with E-state index in [4.69, 9.17) is 10.5 Å². The van der Waals surface area contributed by atoms with Crippen LogP contribution in [0, 0.1) is 0 Å². The highest BCUT2D eigenvalue weighted by Crippen LogP contribution is 2.24. The van der Waals surface area contributed by atoms with Crippen LogP contribution in [0.5, 0.6) is 0 Å². The van der Waals surface area contributed by atoms with Crippen molar-refractivity contribution in [2.75, 3.05) is 25.5 Å². The largest absolute Gasteiger partial charge is 0.368 e. The quantitative estimate of drug-likeness (QED) is 0.642. The minimum absolute atomic E-state index is 0. The molecule has 1 saturated heterocycles. The second-order valence-corrected chi connectivity index (χ2v) is 5.75. The average molecular weight is 357 g/mol. The number of nitrogens with one attached hydrogen (secondary N) is 3. The lowest BCUT2D eigenvalue weighted by Crippen LogP contribution is -2.54. The molecule has 2 rings (SSSR count). The van der Waals surface area contributed by atoms with Crippen molar-refractivity contribution in [1.82, 2.24) is 10.6 Å². The number of hydrogen-bond donors (Lipinski definition) is 4. The third kappa shape index (κ3) is 4.83. The Morgan fingerprint density at radius 3 is 2.33 bits per heavy atom. The van der Waals surface area contributed by atoms with Gasteiger partial charge in [0.05, 0.1) is 6.04 Å². The predicted octanol–water partition coefficient (Wildman–Crippen LogP) is 1.54. The summed E-state index contributed by atoms with van der Waals surface area (Å²) >= 11 is 0. The summed E-state index contributed by atoms with van der Waals surface area (Å²) in [5.41, 5.74) is 5.87. The van der Waals surface area contributed by atoms with Gasteiger partial charge >= 0.3 is 6.03 Å². The lowest BCUT2D eigenvalue weighted by molar-refractivity contribution is -0.147. The Morgan fingerprint density at radius 2 is 1.83 bits per heavy atom. The van der Waals surface area contributed by atoms with Gasteiger partial charge in [-0.05, 0) is 50.6 Å². The Morgan fingerprint density at radius 1 is 1.25 bits per heavy atom. The number of rotatable bonds is 5. The minimum atomic E-state index is -0.757. The van der Waals surface area contributed by atoms with E-state index in [0.717, 1.165) is 18.7 Å². The standard InChI is InChI=1S/C16H24N4O3.ClH/c1-11(12-3-5-13(6-4-12)20-15(17)22)19-14(21)16(23-2)7-9-18-10-8-16;/h3-6,11,18H,7-10H2,1-2H3,(H,19,21)(H3,17,20,22);1H. The molecule has 0 radical (unpaired) electrons. The van der Waals surface area contributed by atoms with Crippen molar-refractivity contribution in [2.24, 2.45) is 5.73 Å². The van der Waals surface area contributed by atoms with Crippen molar-refractivity contribution in [3.05, 3.63) is 29.8 Å². The molecule has 1 aliphatic heterocycles. The van der Waals surface area contributed by atoms with Crippen LogP contribution in [0.4, 0.5) is 10.5 Å². The maximum absolute atomic E-state index is 12.6. The van der Waals surface area contributed by atoms with Gasteiger partial charge in [0.2, 0.25) is 0 Å². The van der Waals surface area contributed by atoms with Crippen LogP contribution < -0.4 is 21.7 Å². The molecule has 1 fully saturated rings. The molecule has 3 amide bonds. The van der Waals surface area contributed by atoms with Gasteiger partial charge in [-0.15, -0.1) is 12.4 Å². The number of ether oxygens (including phenoxy) is 1. The second-order valence-electron chi connectivity index (χ2n) is 5.75. The number of amides is 3. The Bertz CT molecular complexity index is 559. The lowest BCUT2D eigenvalue weighted by Gasteiger charge is -2.35. The van der Waals surface area contributed by atoms with E-state index in [-0.39, 0.29) is 24.4 Å². The zero-order valence-electron chi connectivity index (χ0n) is 13.9. The number of anilines is 1. The lowest BCUT2D eigenvalue weighted by atomic mass is 9.90. The Hall–Kier alpha value is -1.83. The number of hydrogen-bond acceptors (Lipinski definition) is 4. The summed E-state index contributed by atoms with van der Waals surface area (Å²) in [6.45, 7) is 3.45. The molecule has 5 N–H and O–H groups in total. The van der Waals surface area contributed by atoms with Crippen LogP contribution >= 0.6 is 12.4 Å². The SMILES string of the molecule is COC1(C(=O)NC(C)c2ccc(NC(N)=O)cc2)CCNCC1.Cl. The van der Waals surface area contributed by atoms with Crippen molar-refractivity contribution in [3.63, 3.8) is 0 Å². The number of urea groups is 1. The van der Waals surface area contributed by atoms with Gasteiger partial charge in [-0.3, -0.25) is 4.79 Å². The van der Waals surface area contributed by atoms with E-state index >= 15 is 0 Å². The molecule has 7 nitrogen and oxygen atoms in total. The summed E-state index contributed by atoms with van der Waals surface area (Å²) in [4.78, 5) is 23.4. The normalized spacial score (nSPS) is 17.2. The first-order valence-electron chi connectivity index (χ1n) is 7.70. The monoisotopic (exact) mass is 356 g/mol. The molecule has 1 aromatic rings. The summed E-state index contributed by atoms with van der Waals surface area (Å²) in [7, 11) is 1.58. The first kappa shape index (κ1) is 20.2. The summed E-state index contributed by atoms with van der Waals surface area (Å²) in [6, 6.07) is 6.42. The van der Waals surface area contributed by atoms with Crippen molar-refractivity contribution >= 4 is 30.0 Å². The molecule has 1 atom stereocenters. The van der Waals surface area contributed by atoms with E-state index in [1.807, 2.05) is 19.1 Å². The molecule has 1 aromatic carbocycles. The van der Waals surface area contributed by atoms with E-state index in [1.165, 1.54) is 0 Å². The number of methoxy groups -OCH3 is 1. The molecule has 0 saturated carbocycles. The van der Waals surface area contributed by atoms with E-state index in [0.29, 0.717) is 18.5 Å². The Balaban J connectivity index is 0.00000288. The van der Waals surface area contributed by atoms with Crippen molar-refractivity contribution in [3.8, 4) is 0 Å². The molecule has 8 heteroatoms. The van der Waals surface area contributed by atoms with Gasteiger partial charge in [0.15, 0.2) is 0 Å². The molecular weight excluding hydrogens is 332 g/mol. The molecule has 134 valence electrons. The van der Waals surface area contributed by atoms with E-state index in [2.05, 4.69) is 16.0 Å². The van der Waals surface area contributed by atoms with E-state index < -0.39 is 11.6 Å². The van der Waals surface area contributed by atoms with Gasteiger partial charge in [-0.2, -0.15) is 0 Å². The predicted molar refractivity (Wildman–Crippen MR) is 95.3 cm³/mol. The van der Waals surface area contributed by atoms with Crippen LogP contribution in [0.25, 0.3) is 0 Å². The van der Waals surface area contributed by atoms with Crippen LogP contribution in [0.15, 0.2) is 24.3 Å². The molecule has 1 aliphatic rings. The zero-order chi connectivity index (χ0) is 16.9. The van der Waals surface area contributed by atoms with Gasteiger partial charge < -0.3 is 26.4 Å². The molecule has 0 bridgehead atoms. The summed E-state index contributed by atoms with van der Waals surface area (Å²) < 4.78 is 5.53. The van der Waals surface area contributed by atoms with Crippen molar-refractivity contribution in [2.45, 2.75) is 31.4 Å². The first-order chi connectivity index (χ1) is 11.0. The number of carbonyl (C=O) groups is 2.